The zero-order chi connectivity index (χ0) is 36.0. The van der Waals surface area contributed by atoms with Crippen LogP contribution in [-0.4, -0.2) is 57.1 Å². The van der Waals surface area contributed by atoms with Crippen molar-refractivity contribution >= 4 is 17.9 Å². The number of carboxylic acids is 1. The van der Waals surface area contributed by atoms with Crippen LogP contribution in [0.15, 0.2) is 11.5 Å². The quantitative estimate of drug-likeness (QED) is 0.0375. The Balaban J connectivity index is 1.88. The molecule has 0 amide bonds. The van der Waals surface area contributed by atoms with E-state index < -0.39 is 48.2 Å². The lowest BCUT2D eigenvalue weighted by Crippen LogP contribution is -2.33. The van der Waals surface area contributed by atoms with Crippen LogP contribution < -0.4 is 0 Å². The fourth-order valence-corrected chi connectivity index (χ4v) is 6.67. The van der Waals surface area contributed by atoms with E-state index in [-0.39, 0.29) is 12.3 Å². The molecule has 1 aliphatic heterocycles. The molecular weight excluding hydrogens is 624 g/mol. The second-order valence-electron chi connectivity index (χ2n) is 14.3. The van der Waals surface area contributed by atoms with Crippen molar-refractivity contribution in [1.82, 2.24) is 0 Å². The highest BCUT2D eigenvalue weighted by Gasteiger charge is 2.41. The normalized spacial score (nSPS) is 15.8. The summed E-state index contributed by atoms with van der Waals surface area (Å²) in [7, 11) is 0. The van der Waals surface area contributed by atoms with Gasteiger partial charge in [0.05, 0.1) is 12.5 Å². The van der Waals surface area contributed by atoms with Crippen LogP contribution in [-0.2, 0) is 23.9 Å². The molecule has 0 aliphatic carbocycles. The molecule has 1 aliphatic rings. The van der Waals surface area contributed by atoms with Gasteiger partial charge in [-0.05, 0) is 19.3 Å². The van der Waals surface area contributed by atoms with E-state index in [2.05, 4.69) is 6.92 Å². The molecule has 0 aromatic carbocycles. The van der Waals surface area contributed by atoms with Gasteiger partial charge in [-0.2, -0.15) is 0 Å². The molecule has 1 heterocycles. The van der Waals surface area contributed by atoms with Gasteiger partial charge in [0, 0.05) is 6.42 Å². The molecule has 0 aromatic heterocycles. The molecule has 0 radical (unpaired) electrons. The summed E-state index contributed by atoms with van der Waals surface area (Å²) in [6.07, 6.45) is 31.8. The molecule has 0 aromatic rings. The Kier molecular flexibility index (Phi) is 28.1. The van der Waals surface area contributed by atoms with Crippen molar-refractivity contribution in [3.63, 3.8) is 0 Å². The largest absolute Gasteiger partial charge is 0.499 e. The van der Waals surface area contributed by atoms with Gasteiger partial charge in [0.2, 0.25) is 11.5 Å². The summed E-state index contributed by atoms with van der Waals surface area (Å²) >= 11 is 0. The standard InChI is InChI=1S/C40H72O9/c1-2-3-4-5-6-7-8-14-17-20-23-26-29-33(39(45)46)30-27-24-21-18-15-12-10-9-11-13-16-19-22-25-28-31-35(43)48-38-36(44)40(47)49-37(38)34(42)32-41/h33-34,37,41-42,44H,2-32H2,1H3,(H,45,46)/t33?,34-,37+/m0/s1. The summed E-state index contributed by atoms with van der Waals surface area (Å²) in [5, 5.41) is 38.1. The van der Waals surface area contributed by atoms with E-state index in [0.29, 0.717) is 6.42 Å². The van der Waals surface area contributed by atoms with E-state index in [0.717, 1.165) is 51.4 Å². The van der Waals surface area contributed by atoms with Crippen LogP contribution >= 0.6 is 0 Å². The van der Waals surface area contributed by atoms with Gasteiger partial charge in [-0.25, -0.2) is 4.79 Å². The van der Waals surface area contributed by atoms with Gasteiger partial charge in [0.1, 0.15) is 6.10 Å². The Morgan fingerprint density at radius 3 is 1.39 bits per heavy atom. The summed E-state index contributed by atoms with van der Waals surface area (Å²) in [4.78, 5) is 35.3. The lowest BCUT2D eigenvalue weighted by atomic mass is 9.94. The van der Waals surface area contributed by atoms with Crippen LogP contribution in [0, 0.1) is 5.92 Å². The number of aliphatic hydroxyl groups is 3. The fourth-order valence-electron chi connectivity index (χ4n) is 6.67. The number of cyclic esters (lactones) is 1. The molecule has 0 fully saturated rings. The van der Waals surface area contributed by atoms with Gasteiger partial charge in [-0.15, -0.1) is 0 Å². The number of ether oxygens (including phenoxy) is 2. The SMILES string of the molecule is CCCCCCCCCCCCCCC(CCCCCCCCCCCCCCCCCC(=O)OC1=C(O)C(=O)O[C@@H]1[C@@H](O)CO)C(=O)O. The highest BCUT2D eigenvalue weighted by molar-refractivity contribution is 5.90. The zero-order valence-electron chi connectivity index (χ0n) is 31.0. The van der Waals surface area contributed by atoms with Crippen molar-refractivity contribution < 1.29 is 44.3 Å². The van der Waals surface area contributed by atoms with Gasteiger partial charge in [0.15, 0.2) is 6.10 Å². The number of carboxylic acid groups (broad SMARTS) is 1. The maximum absolute atomic E-state index is 12.1. The number of aliphatic hydroxyl groups excluding tert-OH is 3. The summed E-state index contributed by atoms with van der Waals surface area (Å²) < 4.78 is 9.81. The van der Waals surface area contributed by atoms with E-state index in [1.807, 2.05) is 0 Å². The Morgan fingerprint density at radius 2 is 1.02 bits per heavy atom. The summed E-state index contributed by atoms with van der Waals surface area (Å²) in [5.41, 5.74) is 0. The Labute approximate surface area is 297 Å². The molecular formula is C40H72O9. The Hall–Kier alpha value is -2.13. The van der Waals surface area contributed by atoms with Crippen molar-refractivity contribution in [3.05, 3.63) is 11.5 Å². The van der Waals surface area contributed by atoms with Gasteiger partial charge < -0.3 is 29.9 Å². The van der Waals surface area contributed by atoms with Crippen LogP contribution in [0.2, 0.25) is 0 Å². The van der Waals surface area contributed by atoms with Crippen molar-refractivity contribution in [2.45, 2.75) is 212 Å². The second-order valence-corrected chi connectivity index (χ2v) is 14.3. The maximum atomic E-state index is 12.1. The first-order valence-corrected chi connectivity index (χ1v) is 20.2. The number of esters is 2. The third-order valence-electron chi connectivity index (χ3n) is 9.87. The van der Waals surface area contributed by atoms with E-state index >= 15 is 0 Å². The molecule has 49 heavy (non-hydrogen) atoms. The molecule has 0 bridgehead atoms. The van der Waals surface area contributed by atoms with Crippen LogP contribution in [0.4, 0.5) is 0 Å². The zero-order valence-corrected chi connectivity index (χ0v) is 31.0. The van der Waals surface area contributed by atoms with Crippen LogP contribution in [0.3, 0.4) is 0 Å². The van der Waals surface area contributed by atoms with E-state index in [1.165, 1.54) is 128 Å². The molecule has 9 heteroatoms. The minimum Gasteiger partial charge on any atom is -0.499 e. The van der Waals surface area contributed by atoms with E-state index in [9.17, 15) is 29.7 Å². The first-order valence-electron chi connectivity index (χ1n) is 20.2. The molecule has 3 atom stereocenters. The predicted molar refractivity (Wildman–Crippen MR) is 194 cm³/mol. The minimum absolute atomic E-state index is 0.134. The number of hydrogen-bond acceptors (Lipinski definition) is 8. The first-order chi connectivity index (χ1) is 23.8. The summed E-state index contributed by atoms with van der Waals surface area (Å²) in [5.74, 6) is -3.73. The summed E-state index contributed by atoms with van der Waals surface area (Å²) in [6.45, 7) is 1.56. The number of carbonyl (C=O) groups excluding carboxylic acids is 2. The van der Waals surface area contributed by atoms with Gasteiger partial charge in [-0.1, -0.05) is 174 Å². The van der Waals surface area contributed by atoms with Crippen molar-refractivity contribution in [2.24, 2.45) is 5.92 Å². The monoisotopic (exact) mass is 697 g/mol. The Bertz CT molecular complexity index is 887. The van der Waals surface area contributed by atoms with Crippen molar-refractivity contribution in [3.8, 4) is 0 Å². The van der Waals surface area contributed by atoms with Gasteiger partial charge >= 0.3 is 17.9 Å². The fraction of sp³-hybridized carbons (Fsp3) is 0.875. The van der Waals surface area contributed by atoms with Crippen LogP contribution in [0.25, 0.3) is 0 Å². The first kappa shape index (κ1) is 44.9. The highest BCUT2D eigenvalue weighted by Crippen LogP contribution is 2.26. The molecule has 4 N–H and O–H groups in total. The number of unbranched alkanes of at least 4 members (excludes halogenated alkanes) is 25. The highest BCUT2D eigenvalue weighted by atomic mass is 16.6. The topological polar surface area (TPSA) is 151 Å². The second kappa shape index (κ2) is 30.7. The van der Waals surface area contributed by atoms with Gasteiger partial charge in [-0.3, -0.25) is 9.59 Å². The summed E-state index contributed by atoms with van der Waals surface area (Å²) in [6, 6.07) is 0. The molecule has 1 unspecified atom stereocenters. The van der Waals surface area contributed by atoms with Crippen molar-refractivity contribution in [2.75, 3.05) is 6.61 Å². The van der Waals surface area contributed by atoms with Gasteiger partial charge in [0.25, 0.3) is 0 Å². The molecule has 0 saturated heterocycles. The minimum atomic E-state index is -1.48. The average molecular weight is 697 g/mol. The molecule has 0 saturated carbocycles. The molecule has 0 spiro atoms. The van der Waals surface area contributed by atoms with E-state index in [1.54, 1.807) is 0 Å². The Morgan fingerprint density at radius 1 is 0.653 bits per heavy atom. The molecule has 9 nitrogen and oxygen atoms in total. The number of carbonyl (C=O) groups is 3. The third kappa shape index (κ3) is 23.1. The lowest BCUT2D eigenvalue weighted by Gasteiger charge is -2.17. The number of rotatable bonds is 35. The lowest BCUT2D eigenvalue weighted by molar-refractivity contribution is -0.151. The average Bonchev–Trinajstić information content (AvgIpc) is 3.36. The van der Waals surface area contributed by atoms with Crippen molar-refractivity contribution in [1.29, 1.82) is 0 Å². The van der Waals surface area contributed by atoms with Crippen LogP contribution in [0.1, 0.15) is 200 Å². The number of aliphatic carboxylic acids is 1. The van der Waals surface area contributed by atoms with E-state index in [4.69, 9.17) is 14.6 Å². The van der Waals surface area contributed by atoms with Crippen LogP contribution in [0.5, 0.6) is 0 Å². The molecule has 1 rings (SSSR count). The maximum Gasteiger partial charge on any atom is 0.378 e. The predicted octanol–water partition coefficient (Wildman–Crippen LogP) is 10.0. The molecule has 286 valence electrons. The number of hydrogen-bond donors (Lipinski definition) is 4. The smallest absolute Gasteiger partial charge is 0.378 e. The third-order valence-corrected chi connectivity index (χ3v) is 9.87.